The van der Waals surface area contributed by atoms with Gasteiger partial charge in [-0.05, 0) is 45.0 Å². The molecule has 0 fully saturated rings. The number of benzene rings is 1. The lowest BCUT2D eigenvalue weighted by Gasteiger charge is -2.04. The maximum Gasteiger partial charge on any atom is 0.246 e. The molecule has 0 saturated heterocycles. The van der Waals surface area contributed by atoms with Crippen LogP contribution in [-0.4, -0.2) is 26.9 Å². The van der Waals surface area contributed by atoms with Gasteiger partial charge in [-0.2, -0.15) is 10.2 Å². The molecule has 0 aliphatic carbocycles. The Bertz CT molecular complexity index is 959. The highest BCUT2D eigenvalue weighted by molar-refractivity contribution is 7.09. The molecule has 6 nitrogen and oxygen atoms in total. The lowest BCUT2D eigenvalue weighted by Crippen LogP contribution is -2.20. The van der Waals surface area contributed by atoms with Crippen molar-refractivity contribution in [3.63, 3.8) is 0 Å². The quantitative estimate of drug-likeness (QED) is 0.553. The van der Waals surface area contributed by atoms with Gasteiger partial charge in [-0.1, -0.05) is 0 Å². The van der Waals surface area contributed by atoms with Gasteiger partial charge in [0.25, 0.3) is 0 Å². The van der Waals surface area contributed by atoms with Gasteiger partial charge in [0.15, 0.2) is 0 Å². The van der Waals surface area contributed by atoms with Crippen LogP contribution in [0.25, 0.3) is 5.69 Å². The summed E-state index contributed by atoms with van der Waals surface area (Å²) in [6.07, 6.45) is 1.76. The number of nitrogens with one attached hydrogen (secondary N) is 1. The number of thiazole rings is 1. The first-order valence-corrected chi connectivity index (χ1v) is 8.87. The van der Waals surface area contributed by atoms with E-state index in [1.807, 2.05) is 26.2 Å². The largest absolute Gasteiger partial charge is 0.273 e. The number of carbonyl (C=O) groups excluding carboxylic acids is 1. The van der Waals surface area contributed by atoms with E-state index >= 15 is 0 Å². The van der Waals surface area contributed by atoms with Crippen molar-refractivity contribution in [3.8, 4) is 5.69 Å². The summed E-state index contributed by atoms with van der Waals surface area (Å²) < 4.78 is 14.8. The monoisotopic (exact) mass is 371 g/mol. The Morgan fingerprint density at radius 2 is 2.04 bits per heavy atom. The third-order valence-electron chi connectivity index (χ3n) is 3.81. The Kier molecular flexibility index (Phi) is 5.22. The van der Waals surface area contributed by atoms with Crippen LogP contribution in [-0.2, 0) is 11.2 Å². The number of hydrogen-bond acceptors (Lipinski definition) is 5. The molecule has 3 aromatic rings. The predicted octanol–water partition coefficient (Wildman–Crippen LogP) is 3.09. The van der Waals surface area contributed by atoms with Crippen LogP contribution in [0, 0.1) is 26.6 Å². The molecule has 2 heterocycles. The summed E-state index contributed by atoms with van der Waals surface area (Å²) in [5, 5.41) is 11.3. The molecule has 134 valence electrons. The van der Waals surface area contributed by atoms with Crippen LogP contribution in [0.2, 0.25) is 0 Å². The van der Waals surface area contributed by atoms with Crippen molar-refractivity contribution in [2.45, 2.75) is 27.2 Å². The smallest absolute Gasteiger partial charge is 0.246 e. The fourth-order valence-electron chi connectivity index (χ4n) is 2.54. The molecule has 0 atom stereocenters. The highest BCUT2D eigenvalue weighted by Crippen LogP contribution is 2.16. The van der Waals surface area contributed by atoms with E-state index < -0.39 is 0 Å². The number of aromatic nitrogens is 3. The fraction of sp³-hybridized carbons (Fsp3) is 0.222. The molecule has 3 rings (SSSR count). The maximum atomic E-state index is 13.1. The first-order chi connectivity index (χ1) is 12.4. The molecule has 0 radical (unpaired) electrons. The van der Waals surface area contributed by atoms with Gasteiger partial charge in [0, 0.05) is 10.9 Å². The second kappa shape index (κ2) is 7.57. The van der Waals surface area contributed by atoms with Crippen molar-refractivity contribution in [2.24, 2.45) is 5.10 Å². The third-order valence-corrected chi connectivity index (χ3v) is 4.63. The number of aryl methyl sites for hydroxylation is 2. The Balaban J connectivity index is 1.70. The van der Waals surface area contributed by atoms with Crippen LogP contribution in [0.15, 0.2) is 34.7 Å². The molecule has 1 amide bonds. The van der Waals surface area contributed by atoms with E-state index in [0.29, 0.717) is 0 Å². The molecule has 0 bridgehead atoms. The Morgan fingerprint density at radius 3 is 2.69 bits per heavy atom. The minimum absolute atomic E-state index is 0.189. The van der Waals surface area contributed by atoms with Gasteiger partial charge in [0.1, 0.15) is 5.82 Å². The van der Waals surface area contributed by atoms with Crippen molar-refractivity contribution in [2.75, 3.05) is 0 Å². The molecule has 0 unspecified atom stereocenters. The number of hydrogen-bond donors (Lipinski definition) is 1. The van der Waals surface area contributed by atoms with Crippen molar-refractivity contribution < 1.29 is 9.18 Å². The molecular formula is C18H18FN5OS. The predicted molar refractivity (Wildman–Crippen MR) is 99.3 cm³/mol. The Labute approximate surface area is 154 Å². The zero-order chi connectivity index (χ0) is 18.7. The summed E-state index contributed by atoms with van der Waals surface area (Å²) in [5.74, 6) is -0.525. The normalized spacial score (nSPS) is 11.2. The van der Waals surface area contributed by atoms with Crippen molar-refractivity contribution in [1.82, 2.24) is 20.2 Å². The molecule has 26 heavy (non-hydrogen) atoms. The third kappa shape index (κ3) is 4.02. The lowest BCUT2D eigenvalue weighted by atomic mass is 10.2. The van der Waals surface area contributed by atoms with Crippen molar-refractivity contribution >= 4 is 23.5 Å². The van der Waals surface area contributed by atoms with E-state index in [2.05, 4.69) is 20.6 Å². The molecule has 1 aromatic carbocycles. The second-order valence-electron chi connectivity index (χ2n) is 5.80. The van der Waals surface area contributed by atoms with Gasteiger partial charge >= 0.3 is 0 Å². The number of amides is 1. The summed E-state index contributed by atoms with van der Waals surface area (Å²) in [7, 11) is 0. The second-order valence-corrected chi connectivity index (χ2v) is 6.86. The number of hydrazone groups is 1. The molecule has 8 heteroatoms. The highest BCUT2D eigenvalue weighted by atomic mass is 32.1. The SMILES string of the molecule is Cc1nc(CC(=O)N/N=C\c2c(C)nn(-c3ccc(F)cc3)c2C)cs1. The van der Waals surface area contributed by atoms with E-state index in [9.17, 15) is 9.18 Å². The van der Waals surface area contributed by atoms with Gasteiger partial charge in [-0.15, -0.1) is 11.3 Å². The molecule has 0 aliphatic rings. The topological polar surface area (TPSA) is 72.2 Å². The van der Waals surface area contributed by atoms with E-state index in [1.165, 1.54) is 23.5 Å². The maximum absolute atomic E-state index is 13.1. The van der Waals surface area contributed by atoms with E-state index in [0.717, 1.165) is 33.3 Å². The summed E-state index contributed by atoms with van der Waals surface area (Å²) >= 11 is 1.51. The van der Waals surface area contributed by atoms with Gasteiger partial charge in [-0.3, -0.25) is 4.79 Å². The highest BCUT2D eigenvalue weighted by Gasteiger charge is 2.11. The van der Waals surface area contributed by atoms with E-state index in [1.54, 1.807) is 23.0 Å². The molecule has 0 spiro atoms. The molecule has 0 aliphatic heterocycles. The van der Waals surface area contributed by atoms with Crippen LogP contribution >= 0.6 is 11.3 Å². The minimum atomic E-state index is -0.296. The molecular weight excluding hydrogens is 353 g/mol. The average Bonchev–Trinajstić information content (AvgIpc) is 3.13. The summed E-state index contributed by atoms with van der Waals surface area (Å²) in [5.41, 5.74) is 6.42. The summed E-state index contributed by atoms with van der Waals surface area (Å²) in [6, 6.07) is 6.10. The number of carbonyl (C=O) groups is 1. The lowest BCUT2D eigenvalue weighted by molar-refractivity contribution is -0.120. The van der Waals surface area contributed by atoms with E-state index in [4.69, 9.17) is 0 Å². The van der Waals surface area contributed by atoms with Gasteiger partial charge in [0.2, 0.25) is 5.91 Å². The molecule has 2 aromatic heterocycles. The van der Waals surface area contributed by atoms with Gasteiger partial charge in [0.05, 0.1) is 40.4 Å². The zero-order valence-electron chi connectivity index (χ0n) is 14.7. The number of halogens is 1. The van der Waals surface area contributed by atoms with Crippen LogP contribution in [0.5, 0.6) is 0 Å². The number of nitrogens with zero attached hydrogens (tertiary/aromatic N) is 4. The first-order valence-electron chi connectivity index (χ1n) is 7.99. The Hall–Kier alpha value is -2.87. The summed E-state index contributed by atoms with van der Waals surface area (Å²) in [4.78, 5) is 16.2. The van der Waals surface area contributed by atoms with Crippen LogP contribution in [0.4, 0.5) is 4.39 Å². The van der Waals surface area contributed by atoms with Crippen molar-refractivity contribution in [1.29, 1.82) is 0 Å². The average molecular weight is 371 g/mol. The van der Waals surface area contributed by atoms with Gasteiger partial charge in [-0.25, -0.2) is 19.5 Å². The zero-order valence-corrected chi connectivity index (χ0v) is 15.5. The van der Waals surface area contributed by atoms with Crippen LogP contribution < -0.4 is 5.43 Å². The Morgan fingerprint density at radius 1 is 1.31 bits per heavy atom. The molecule has 1 N–H and O–H groups in total. The van der Waals surface area contributed by atoms with Crippen LogP contribution in [0.1, 0.15) is 27.7 Å². The van der Waals surface area contributed by atoms with Crippen molar-refractivity contribution in [3.05, 3.63) is 63.1 Å². The van der Waals surface area contributed by atoms with Gasteiger partial charge < -0.3 is 0 Å². The van der Waals surface area contributed by atoms with Crippen LogP contribution in [0.3, 0.4) is 0 Å². The first kappa shape index (κ1) is 17.9. The molecule has 0 saturated carbocycles. The fourth-order valence-corrected chi connectivity index (χ4v) is 3.15. The summed E-state index contributed by atoms with van der Waals surface area (Å²) in [6.45, 7) is 5.65. The van der Waals surface area contributed by atoms with E-state index in [-0.39, 0.29) is 18.1 Å². The minimum Gasteiger partial charge on any atom is -0.273 e. The number of rotatable bonds is 5. The standard InChI is InChI=1S/C18H18FN5OS/c1-11-17(9-20-22-18(25)8-15-10-26-13(3)21-15)12(2)24(23-11)16-6-4-14(19)5-7-16/h4-7,9-10H,8H2,1-3H3,(H,22,25)/b20-9-.